The van der Waals surface area contributed by atoms with Crippen molar-refractivity contribution in [2.45, 2.75) is 30.1 Å². The Morgan fingerprint density at radius 3 is 2.58 bits per heavy atom. The van der Waals surface area contributed by atoms with Gasteiger partial charge in [0, 0.05) is 37.6 Å². The highest BCUT2D eigenvalue weighted by molar-refractivity contribution is 7.89. The topological polar surface area (TPSA) is 99.4 Å². The minimum absolute atomic E-state index is 0.155. The number of rotatable bonds is 4. The Hall–Kier alpha value is -3.71. The summed E-state index contributed by atoms with van der Waals surface area (Å²) in [5.41, 5.74) is 1.44. The number of pyridine rings is 2. The first kappa shape index (κ1) is 22.7. The molecule has 1 fully saturated rings. The molecule has 0 unspecified atom stereocenters. The Bertz CT molecular complexity index is 1590. The summed E-state index contributed by atoms with van der Waals surface area (Å²) in [6.45, 7) is 0.310. The Labute approximate surface area is 203 Å². The van der Waals surface area contributed by atoms with E-state index in [0.29, 0.717) is 29.8 Å². The number of hydrogen-bond donors (Lipinski definition) is 0. The van der Waals surface area contributed by atoms with Gasteiger partial charge in [0.2, 0.25) is 10.0 Å². The molecule has 0 aliphatic carbocycles. The van der Waals surface area contributed by atoms with Crippen molar-refractivity contribution in [3.05, 3.63) is 60.8 Å². The highest BCUT2D eigenvalue weighted by Gasteiger charge is 2.44. The fraction of sp³-hybridized carbons (Fsp3) is 0.261. The standard InChI is InChI=1S/C23H18F3N5O4S/c24-17-13-27-9-5-16(17)21-29-18-2-1-8-28-22(18)31(21)14-6-10-30(11-7-14)36(32,33)15-3-4-19-20(12-15)35-23(25,26)34-19/h1-5,8-9,12-14H,6-7,10-11H2. The molecule has 3 aromatic heterocycles. The Morgan fingerprint density at radius 2 is 1.81 bits per heavy atom. The van der Waals surface area contributed by atoms with E-state index in [9.17, 15) is 21.6 Å². The van der Waals surface area contributed by atoms with Crippen molar-refractivity contribution in [3.8, 4) is 22.9 Å². The van der Waals surface area contributed by atoms with Gasteiger partial charge < -0.3 is 14.0 Å². The average molecular weight is 517 g/mol. The van der Waals surface area contributed by atoms with Crippen LogP contribution in [0.1, 0.15) is 18.9 Å². The first-order valence-corrected chi connectivity index (χ1v) is 12.5. The molecule has 2 aliphatic rings. The van der Waals surface area contributed by atoms with Crippen molar-refractivity contribution in [2.24, 2.45) is 0 Å². The molecule has 9 nitrogen and oxygen atoms in total. The van der Waals surface area contributed by atoms with E-state index in [1.54, 1.807) is 18.3 Å². The van der Waals surface area contributed by atoms with E-state index in [0.717, 1.165) is 18.3 Å². The third-order valence-corrected chi connectivity index (χ3v) is 8.16. The van der Waals surface area contributed by atoms with Crippen LogP contribution in [0, 0.1) is 5.82 Å². The molecule has 1 saturated heterocycles. The van der Waals surface area contributed by atoms with E-state index < -0.39 is 22.1 Å². The zero-order valence-electron chi connectivity index (χ0n) is 18.5. The quantitative estimate of drug-likeness (QED) is 0.404. The summed E-state index contributed by atoms with van der Waals surface area (Å²) in [4.78, 5) is 12.7. The fourth-order valence-corrected chi connectivity index (χ4v) is 6.09. The van der Waals surface area contributed by atoms with Gasteiger partial charge in [0.1, 0.15) is 11.3 Å². The number of halogens is 3. The summed E-state index contributed by atoms with van der Waals surface area (Å²) >= 11 is 0. The van der Waals surface area contributed by atoms with Gasteiger partial charge in [0.25, 0.3) is 0 Å². The molecule has 13 heteroatoms. The summed E-state index contributed by atoms with van der Waals surface area (Å²) < 4.78 is 79.7. The molecule has 36 heavy (non-hydrogen) atoms. The van der Waals surface area contributed by atoms with Crippen LogP contribution in [0.3, 0.4) is 0 Å². The fourth-order valence-electron chi connectivity index (χ4n) is 4.60. The molecule has 0 spiro atoms. The van der Waals surface area contributed by atoms with Gasteiger partial charge in [-0.15, -0.1) is 8.78 Å². The SMILES string of the molecule is O=S(=O)(c1ccc2c(c1)OC(F)(F)O2)N1CCC(n2c(-c3ccncc3F)nc3cccnc32)CC1. The normalized spacial score (nSPS) is 18.1. The molecule has 1 aromatic carbocycles. The molecule has 0 amide bonds. The molecule has 186 valence electrons. The summed E-state index contributed by atoms with van der Waals surface area (Å²) in [6.07, 6.45) is 1.19. The van der Waals surface area contributed by atoms with Crippen molar-refractivity contribution in [1.29, 1.82) is 0 Å². The first-order valence-electron chi connectivity index (χ1n) is 11.1. The predicted octanol–water partition coefficient (Wildman–Crippen LogP) is 3.98. The number of ether oxygens (including phenoxy) is 2. The van der Waals surface area contributed by atoms with Gasteiger partial charge in [0.15, 0.2) is 23.0 Å². The number of imidazole rings is 1. The van der Waals surface area contributed by atoms with E-state index in [-0.39, 0.29) is 41.1 Å². The summed E-state index contributed by atoms with van der Waals surface area (Å²) in [6, 6.07) is 8.25. The van der Waals surface area contributed by atoms with Gasteiger partial charge in [-0.2, -0.15) is 4.31 Å². The van der Waals surface area contributed by atoms with E-state index in [1.807, 2.05) is 4.57 Å². The summed E-state index contributed by atoms with van der Waals surface area (Å²) in [5, 5.41) is 0. The number of aromatic nitrogens is 4. The molecule has 0 radical (unpaired) electrons. The lowest BCUT2D eigenvalue weighted by Gasteiger charge is -2.32. The Kier molecular flexibility index (Phi) is 5.16. The molecule has 6 rings (SSSR count). The van der Waals surface area contributed by atoms with Crippen LogP contribution in [0.15, 0.2) is 59.9 Å². The van der Waals surface area contributed by atoms with Crippen LogP contribution >= 0.6 is 0 Å². The van der Waals surface area contributed by atoms with Gasteiger partial charge in [-0.3, -0.25) is 4.98 Å². The molecule has 0 atom stereocenters. The van der Waals surface area contributed by atoms with E-state index in [4.69, 9.17) is 0 Å². The lowest BCUT2D eigenvalue weighted by Crippen LogP contribution is -2.39. The van der Waals surface area contributed by atoms with Gasteiger partial charge in [-0.05, 0) is 43.2 Å². The van der Waals surface area contributed by atoms with Crippen LogP contribution in [0.25, 0.3) is 22.6 Å². The number of sulfonamides is 1. The van der Waals surface area contributed by atoms with Gasteiger partial charge in [0.05, 0.1) is 16.7 Å². The predicted molar refractivity (Wildman–Crippen MR) is 120 cm³/mol. The summed E-state index contributed by atoms with van der Waals surface area (Å²) in [7, 11) is -3.98. The second-order valence-corrected chi connectivity index (χ2v) is 10.4. The van der Waals surface area contributed by atoms with Crippen molar-refractivity contribution in [2.75, 3.05) is 13.1 Å². The number of alkyl halides is 2. The monoisotopic (exact) mass is 517 g/mol. The smallest absolute Gasteiger partial charge is 0.395 e. The van der Waals surface area contributed by atoms with Gasteiger partial charge in [-0.25, -0.2) is 22.8 Å². The molecule has 4 aromatic rings. The van der Waals surface area contributed by atoms with E-state index in [1.165, 1.54) is 22.6 Å². The minimum Gasteiger partial charge on any atom is -0.395 e. The zero-order chi connectivity index (χ0) is 25.1. The molecule has 0 bridgehead atoms. The van der Waals surface area contributed by atoms with Crippen molar-refractivity contribution < 1.29 is 31.1 Å². The van der Waals surface area contributed by atoms with Crippen molar-refractivity contribution in [1.82, 2.24) is 23.8 Å². The molecule has 2 aliphatic heterocycles. The minimum atomic E-state index is -3.98. The van der Waals surface area contributed by atoms with Crippen LogP contribution < -0.4 is 9.47 Å². The van der Waals surface area contributed by atoms with Crippen LogP contribution in [-0.4, -0.2) is 51.6 Å². The second kappa shape index (κ2) is 8.17. The third kappa shape index (κ3) is 3.75. The van der Waals surface area contributed by atoms with Crippen molar-refractivity contribution in [3.63, 3.8) is 0 Å². The number of fused-ring (bicyclic) bond motifs is 2. The lowest BCUT2D eigenvalue weighted by molar-refractivity contribution is -0.286. The molecule has 0 saturated carbocycles. The average Bonchev–Trinajstić information content (AvgIpc) is 3.39. The van der Waals surface area contributed by atoms with Crippen LogP contribution in [0.5, 0.6) is 11.5 Å². The highest BCUT2D eigenvalue weighted by atomic mass is 32.2. The van der Waals surface area contributed by atoms with Crippen LogP contribution in [0.2, 0.25) is 0 Å². The second-order valence-electron chi connectivity index (χ2n) is 8.42. The maximum Gasteiger partial charge on any atom is 0.586 e. The zero-order valence-corrected chi connectivity index (χ0v) is 19.3. The molecular formula is C23H18F3N5O4S. The largest absolute Gasteiger partial charge is 0.586 e. The molecular weight excluding hydrogens is 499 g/mol. The number of piperidine rings is 1. The van der Waals surface area contributed by atoms with Gasteiger partial charge >= 0.3 is 6.29 Å². The summed E-state index contributed by atoms with van der Waals surface area (Å²) in [5.74, 6) is -0.701. The third-order valence-electron chi connectivity index (χ3n) is 6.26. The first-order chi connectivity index (χ1) is 17.2. The Morgan fingerprint density at radius 1 is 1.03 bits per heavy atom. The molecule has 5 heterocycles. The Balaban J connectivity index is 1.29. The maximum absolute atomic E-state index is 14.6. The maximum atomic E-state index is 14.6. The van der Waals surface area contributed by atoms with Crippen LogP contribution in [-0.2, 0) is 10.0 Å². The number of nitrogens with zero attached hydrogens (tertiary/aromatic N) is 5. The van der Waals surface area contributed by atoms with E-state index in [2.05, 4.69) is 24.4 Å². The molecule has 0 N–H and O–H groups in total. The highest BCUT2D eigenvalue weighted by Crippen LogP contribution is 2.42. The number of hydrogen-bond acceptors (Lipinski definition) is 7. The van der Waals surface area contributed by atoms with Crippen molar-refractivity contribution >= 4 is 21.2 Å². The number of benzene rings is 1. The van der Waals surface area contributed by atoms with E-state index >= 15 is 0 Å². The van der Waals surface area contributed by atoms with Gasteiger partial charge in [-0.1, -0.05) is 0 Å². The van der Waals surface area contributed by atoms with Crippen LogP contribution in [0.4, 0.5) is 13.2 Å². The lowest BCUT2D eigenvalue weighted by atomic mass is 10.1.